The summed E-state index contributed by atoms with van der Waals surface area (Å²) in [5.41, 5.74) is 3.67. The molecule has 0 amide bonds. The fraction of sp³-hybridized carbons (Fsp3) is 0.625. The SMILES string of the molecule is CCNC(=NCCc1c(C)nn(C)c1C)NC1CC=CC1. The van der Waals surface area contributed by atoms with E-state index >= 15 is 0 Å². The molecule has 5 heteroatoms. The van der Waals surface area contributed by atoms with Crippen LogP contribution in [-0.2, 0) is 13.5 Å². The summed E-state index contributed by atoms with van der Waals surface area (Å²) in [6.07, 6.45) is 7.56. The predicted octanol–water partition coefficient (Wildman–Crippen LogP) is 1.85. The van der Waals surface area contributed by atoms with Crippen LogP contribution in [-0.4, -0.2) is 34.9 Å². The van der Waals surface area contributed by atoms with E-state index in [1.807, 2.05) is 11.7 Å². The first-order chi connectivity index (χ1) is 10.1. The molecule has 0 unspecified atom stereocenters. The maximum absolute atomic E-state index is 4.69. The highest BCUT2D eigenvalue weighted by molar-refractivity contribution is 5.80. The molecule has 0 saturated carbocycles. The second kappa shape index (κ2) is 7.29. The lowest BCUT2D eigenvalue weighted by molar-refractivity contribution is 0.633. The molecule has 116 valence electrons. The summed E-state index contributed by atoms with van der Waals surface area (Å²) >= 11 is 0. The van der Waals surface area contributed by atoms with Crippen LogP contribution in [0.3, 0.4) is 0 Å². The predicted molar refractivity (Wildman–Crippen MR) is 87.7 cm³/mol. The first kappa shape index (κ1) is 15.6. The molecule has 0 aliphatic heterocycles. The Balaban J connectivity index is 1.92. The van der Waals surface area contributed by atoms with Gasteiger partial charge in [0, 0.05) is 31.9 Å². The number of nitrogens with one attached hydrogen (secondary N) is 2. The molecule has 1 aliphatic rings. The molecule has 1 aliphatic carbocycles. The molecule has 21 heavy (non-hydrogen) atoms. The van der Waals surface area contributed by atoms with E-state index in [9.17, 15) is 0 Å². The van der Waals surface area contributed by atoms with E-state index < -0.39 is 0 Å². The highest BCUT2D eigenvalue weighted by Crippen LogP contribution is 2.12. The van der Waals surface area contributed by atoms with Gasteiger partial charge in [0.05, 0.1) is 5.69 Å². The number of aromatic nitrogens is 2. The van der Waals surface area contributed by atoms with Gasteiger partial charge in [0.2, 0.25) is 0 Å². The average molecular weight is 289 g/mol. The molecular weight excluding hydrogens is 262 g/mol. The van der Waals surface area contributed by atoms with Gasteiger partial charge in [0.25, 0.3) is 0 Å². The second-order valence-corrected chi connectivity index (χ2v) is 5.57. The lowest BCUT2D eigenvalue weighted by atomic mass is 10.1. The summed E-state index contributed by atoms with van der Waals surface area (Å²) < 4.78 is 1.95. The molecular formula is C16H27N5. The second-order valence-electron chi connectivity index (χ2n) is 5.57. The molecule has 0 atom stereocenters. The third-order valence-corrected chi connectivity index (χ3v) is 3.98. The summed E-state index contributed by atoms with van der Waals surface area (Å²) in [6, 6.07) is 0.490. The Morgan fingerprint density at radius 2 is 2.10 bits per heavy atom. The zero-order valence-electron chi connectivity index (χ0n) is 13.6. The van der Waals surface area contributed by atoms with Crippen molar-refractivity contribution in [2.24, 2.45) is 12.0 Å². The lowest BCUT2D eigenvalue weighted by Gasteiger charge is -2.16. The summed E-state index contributed by atoms with van der Waals surface area (Å²) in [5, 5.41) is 11.3. The molecule has 0 aromatic carbocycles. The Bertz CT molecular complexity index is 519. The van der Waals surface area contributed by atoms with E-state index in [0.717, 1.165) is 44.0 Å². The maximum Gasteiger partial charge on any atom is 0.191 e. The fourth-order valence-corrected chi connectivity index (χ4v) is 2.71. The number of hydrogen-bond donors (Lipinski definition) is 2. The summed E-state index contributed by atoms with van der Waals surface area (Å²) in [7, 11) is 1.99. The third kappa shape index (κ3) is 4.09. The van der Waals surface area contributed by atoms with Crippen molar-refractivity contribution in [3.05, 3.63) is 29.1 Å². The van der Waals surface area contributed by atoms with E-state index in [4.69, 9.17) is 4.99 Å². The van der Waals surface area contributed by atoms with E-state index in [1.165, 1.54) is 11.3 Å². The topological polar surface area (TPSA) is 54.2 Å². The van der Waals surface area contributed by atoms with Gasteiger partial charge in [-0.1, -0.05) is 12.2 Å². The van der Waals surface area contributed by atoms with Gasteiger partial charge >= 0.3 is 0 Å². The highest BCUT2D eigenvalue weighted by atomic mass is 15.3. The van der Waals surface area contributed by atoms with Gasteiger partial charge in [-0.15, -0.1) is 0 Å². The van der Waals surface area contributed by atoms with Crippen LogP contribution in [0, 0.1) is 13.8 Å². The highest BCUT2D eigenvalue weighted by Gasteiger charge is 2.12. The fourth-order valence-electron chi connectivity index (χ4n) is 2.71. The summed E-state index contributed by atoms with van der Waals surface area (Å²) in [4.78, 5) is 4.69. The third-order valence-electron chi connectivity index (χ3n) is 3.98. The van der Waals surface area contributed by atoms with Crippen molar-refractivity contribution in [3.8, 4) is 0 Å². The molecule has 1 aromatic rings. The van der Waals surface area contributed by atoms with Gasteiger partial charge in [-0.3, -0.25) is 9.67 Å². The molecule has 2 rings (SSSR count). The summed E-state index contributed by atoms with van der Waals surface area (Å²) in [5.74, 6) is 0.922. The Morgan fingerprint density at radius 3 is 2.67 bits per heavy atom. The van der Waals surface area contributed by atoms with Crippen LogP contribution >= 0.6 is 0 Å². The number of aryl methyl sites for hydroxylation is 2. The minimum atomic E-state index is 0.490. The van der Waals surface area contributed by atoms with Crippen LogP contribution in [0.2, 0.25) is 0 Å². The van der Waals surface area contributed by atoms with Gasteiger partial charge in [-0.25, -0.2) is 0 Å². The van der Waals surface area contributed by atoms with Crippen LogP contribution < -0.4 is 10.6 Å². The van der Waals surface area contributed by atoms with Crippen LogP contribution in [0.15, 0.2) is 17.1 Å². The number of hydrogen-bond acceptors (Lipinski definition) is 2. The minimum absolute atomic E-state index is 0.490. The van der Waals surface area contributed by atoms with Gasteiger partial charge in [0.15, 0.2) is 5.96 Å². The van der Waals surface area contributed by atoms with Crippen molar-refractivity contribution >= 4 is 5.96 Å². The zero-order chi connectivity index (χ0) is 15.2. The molecule has 0 radical (unpaired) electrons. The Morgan fingerprint density at radius 1 is 1.38 bits per heavy atom. The molecule has 2 N–H and O–H groups in total. The van der Waals surface area contributed by atoms with E-state index in [0.29, 0.717) is 6.04 Å². The Labute approximate surface area is 127 Å². The van der Waals surface area contributed by atoms with Crippen LogP contribution in [0.25, 0.3) is 0 Å². The normalized spacial score (nSPS) is 15.7. The number of nitrogens with zero attached hydrogens (tertiary/aromatic N) is 3. The van der Waals surface area contributed by atoms with Gasteiger partial charge < -0.3 is 10.6 Å². The van der Waals surface area contributed by atoms with Crippen molar-refractivity contribution < 1.29 is 0 Å². The lowest BCUT2D eigenvalue weighted by Crippen LogP contribution is -2.42. The van der Waals surface area contributed by atoms with Gasteiger partial charge in [0.1, 0.15) is 0 Å². The number of guanidine groups is 1. The maximum atomic E-state index is 4.69. The van der Waals surface area contributed by atoms with E-state index in [-0.39, 0.29) is 0 Å². The first-order valence-electron chi connectivity index (χ1n) is 7.80. The molecule has 0 bridgehead atoms. The van der Waals surface area contributed by atoms with Crippen molar-refractivity contribution in [1.29, 1.82) is 0 Å². The van der Waals surface area contributed by atoms with E-state index in [1.54, 1.807) is 0 Å². The molecule has 1 aromatic heterocycles. The molecule has 1 heterocycles. The molecule has 0 fully saturated rings. The Hall–Kier alpha value is -1.78. The van der Waals surface area contributed by atoms with Gasteiger partial charge in [-0.05, 0) is 45.6 Å². The van der Waals surface area contributed by atoms with Crippen LogP contribution in [0.1, 0.15) is 36.7 Å². The Kier molecular flexibility index (Phi) is 5.42. The van der Waals surface area contributed by atoms with E-state index in [2.05, 4.69) is 48.7 Å². The zero-order valence-corrected chi connectivity index (χ0v) is 13.6. The molecule has 5 nitrogen and oxygen atoms in total. The monoisotopic (exact) mass is 289 g/mol. The van der Waals surface area contributed by atoms with Gasteiger partial charge in [-0.2, -0.15) is 5.10 Å². The van der Waals surface area contributed by atoms with Crippen molar-refractivity contribution in [1.82, 2.24) is 20.4 Å². The van der Waals surface area contributed by atoms with Crippen molar-refractivity contribution in [2.75, 3.05) is 13.1 Å². The molecule has 0 saturated heterocycles. The quantitative estimate of drug-likeness (QED) is 0.494. The molecule has 0 spiro atoms. The summed E-state index contributed by atoms with van der Waals surface area (Å²) in [6.45, 7) is 7.95. The number of aliphatic imine (C=N–C) groups is 1. The standard InChI is InChI=1S/C16H27N5/c1-5-17-16(19-14-8-6-7-9-14)18-11-10-15-12(2)20-21(4)13(15)3/h6-7,14H,5,8-11H2,1-4H3,(H2,17,18,19). The first-order valence-corrected chi connectivity index (χ1v) is 7.80. The average Bonchev–Trinajstić information content (AvgIpc) is 3.02. The number of rotatable bonds is 5. The van der Waals surface area contributed by atoms with Crippen LogP contribution in [0.4, 0.5) is 0 Å². The van der Waals surface area contributed by atoms with Crippen molar-refractivity contribution in [3.63, 3.8) is 0 Å². The van der Waals surface area contributed by atoms with Crippen molar-refractivity contribution in [2.45, 2.75) is 46.1 Å². The minimum Gasteiger partial charge on any atom is -0.357 e. The largest absolute Gasteiger partial charge is 0.357 e. The smallest absolute Gasteiger partial charge is 0.191 e. The van der Waals surface area contributed by atoms with Crippen LogP contribution in [0.5, 0.6) is 0 Å².